The largest absolute Gasteiger partial charge is 0.457 e. The number of nitrogens with zero attached hydrogens (tertiary/aromatic N) is 4. The van der Waals surface area contributed by atoms with Crippen LogP contribution in [0.25, 0.3) is 5.57 Å². The van der Waals surface area contributed by atoms with Crippen LogP contribution in [0.2, 0.25) is 37.8 Å². The van der Waals surface area contributed by atoms with Crippen LogP contribution >= 0.6 is 6.89 Å². The number of likely N-dealkylation sites (tertiary alicyclic amines) is 1. The average Bonchev–Trinajstić information content (AvgIpc) is 1.43. The number of fused-ring (bicyclic) bond motifs is 3. The molecule has 0 radical (unpaired) electrons. The molecule has 5 aliphatic rings. The summed E-state index contributed by atoms with van der Waals surface area (Å²) in [4.78, 5) is 102. The summed E-state index contributed by atoms with van der Waals surface area (Å²) >= 11 is 0. The molecule has 87 heavy (non-hydrogen) atoms. The molecule has 0 spiro atoms. The van der Waals surface area contributed by atoms with Crippen LogP contribution in [0, 0.1) is 11.8 Å². The number of esters is 2. The molecular formula is C69H81N4O11PSi2. The Hall–Kier alpha value is -7.54. The Bertz CT molecular complexity index is 3550. The zero-order chi connectivity index (χ0) is 63.1. The predicted octanol–water partition coefficient (Wildman–Crippen LogP) is 9.99. The van der Waals surface area contributed by atoms with E-state index in [2.05, 4.69) is 66.7 Å². The molecule has 10 rings (SSSR count). The average molecular weight is 1230 g/mol. The molecule has 5 heterocycles. The van der Waals surface area contributed by atoms with Gasteiger partial charge in [0.05, 0.1) is 49.0 Å². The molecule has 0 saturated carbocycles. The van der Waals surface area contributed by atoms with Gasteiger partial charge in [0.1, 0.15) is 24.3 Å². The van der Waals surface area contributed by atoms with E-state index < -0.39 is 53.5 Å². The Balaban J connectivity index is 0.000000239. The molecule has 2 saturated heterocycles. The van der Waals surface area contributed by atoms with E-state index in [1.165, 1.54) is 12.2 Å². The predicted molar refractivity (Wildman–Crippen MR) is 350 cm³/mol. The number of carbonyl (C=O) groups is 7. The van der Waals surface area contributed by atoms with Crippen molar-refractivity contribution in [1.82, 2.24) is 9.80 Å². The van der Waals surface area contributed by atoms with Gasteiger partial charge >= 0.3 is 11.9 Å². The highest BCUT2D eigenvalue weighted by atomic mass is 31.2. The van der Waals surface area contributed by atoms with Gasteiger partial charge in [0.25, 0.3) is 0 Å². The highest BCUT2D eigenvalue weighted by Gasteiger charge is 2.59. The summed E-state index contributed by atoms with van der Waals surface area (Å²) in [5, 5.41) is 2.44. The molecule has 6 atom stereocenters. The number of ketones is 1. The summed E-state index contributed by atoms with van der Waals surface area (Å²) in [5.74, 6) is -2.78. The van der Waals surface area contributed by atoms with Crippen molar-refractivity contribution < 1.29 is 51.9 Å². The fourth-order valence-corrected chi connectivity index (χ4v) is 19.6. The fourth-order valence-electron chi connectivity index (χ4n) is 12.5. The minimum Gasteiger partial charge on any atom is -0.457 e. The lowest BCUT2D eigenvalue weighted by molar-refractivity contribution is -0.161. The number of Topliss-reactive ketones (excluding diaryl/α,β-unsaturated/α-hetero) is 1. The molecule has 4 amide bonds. The first-order chi connectivity index (χ1) is 41.2. The molecule has 456 valence electrons. The Morgan fingerprint density at radius 1 is 0.655 bits per heavy atom. The third kappa shape index (κ3) is 12.3. The second-order valence-electron chi connectivity index (χ2n) is 25.5. The highest BCUT2D eigenvalue weighted by Crippen LogP contribution is 2.52. The van der Waals surface area contributed by atoms with Gasteiger partial charge in [0.15, 0.2) is 22.4 Å². The first kappa shape index (κ1) is 64.0. The van der Waals surface area contributed by atoms with Crippen LogP contribution in [0.4, 0.5) is 11.4 Å². The van der Waals surface area contributed by atoms with Crippen molar-refractivity contribution in [2.24, 2.45) is 11.8 Å². The van der Waals surface area contributed by atoms with Crippen molar-refractivity contribution in [3.8, 4) is 0 Å². The number of likely N-dealkylation sites (N-methyl/N-ethyl adjacent to an activating group) is 2. The maximum Gasteiger partial charge on any atom is 0.356 e. The van der Waals surface area contributed by atoms with Gasteiger partial charge in [-0.3, -0.25) is 24.0 Å². The van der Waals surface area contributed by atoms with E-state index in [4.69, 9.17) is 18.3 Å². The van der Waals surface area contributed by atoms with Crippen LogP contribution in [0.15, 0.2) is 158 Å². The minimum absolute atomic E-state index is 0.0349. The van der Waals surface area contributed by atoms with Gasteiger partial charge in [0.2, 0.25) is 23.6 Å². The van der Waals surface area contributed by atoms with Crippen molar-refractivity contribution in [3.05, 3.63) is 181 Å². The van der Waals surface area contributed by atoms with Crippen LogP contribution in [-0.2, 0) is 59.9 Å². The van der Waals surface area contributed by atoms with Crippen molar-refractivity contribution in [1.29, 1.82) is 0 Å². The van der Waals surface area contributed by atoms with Gasteiger partial charge in [-0.1, -0.05) is 161 Å². The van der Waals surface area contributed by atoms with E-state index in [0.717, 1.165) is 43.9 Å². The molecule has 5 aromatic rings. The number of hydrogen-bond acceptors (Lipinski definition) is 11. The molecular weight excluding hydrogens is 1150 g/mol. The molecule has 0 N–H and O–H groups in total. The minimum atomic E-state index is -3.20. The summed E-state index contributed by atoms with van der Waals surface area (Å²) in [7, 11) is -0.746. The van der Waals surface area contributed by atoms with Gasteiger partial charge < -0.3 is 37.9 Å². The number of rotatable bonds is 20. The molecule has 2 fully saturated rings. The van der Waals surface area contributed by atoms with Gasteiger partial charge in [-0.15, -0.1) is 0 Å². The number of carbonyl (C=O) groups excluding carboxylic acids is 7. The summed E-state index contributed by atoms with van der Waals surface area (Å²) in [5.41, 5.74) is 5.90. The molecule has 0 bridgehead atoms. The maximum absolute atomic E-state index is 15.1. The molecule has 15 nitrogen and oxygen atoms in total. The zero-order valence-corrected chi connectivity index (χ0v) is 55.0. The Kier molecular flexibility index (Phi) is 18.6. The smallest absolute Gasteiger partial charge is 0.356 e. The van der Waals surface area contributed by atoms with Crippen LogP contribution in [0.5, 0.6) is 0 Å². The van der Waals surface area contributed by atoms with Crippen molar-refractivity contribution in [3.63, 3.8) is 0 Å². The van der Waals surface area contributed by atoms with Gasteiger partial charge in [0, 0.05) is 44.3 Å². The molecule has 5 aliphatic heterocycles. The lowest BCUT2D eigenvalue weighted by Gasteiger charge is -2.53. The van der Waals surface area contributed by atoms with Crippen LogP contribution in [-0.4, -0.2) is 125 Å². The lowest BCUT2D eigenvalue weighted by atomic mass is 9.79. The number of β-lactam (4-membered cyclic amide) rings is 2. The molecule has 0 unspecified atom stereocenters. The number of hydrogen-bond donors (Lipinski definition) is 0. The van der Waals surface area contributed by atoms with E-state index >= 15 is 4.79 Å². The van der Waals surface area contributed by atoms with Gasteiger partial charge in [-0.05, 0) is 108 Å². The number of benzene rings is 5. The number of ether oxygens (including phenoxy) is 2. The van der Waals surface area contributed by atoms with Gasteiger partial charge in [-0.25, -0.2) is 9.59 Å². The highest BCUT2D eigenvalue weighted by molar-refractivity contribution is 7.96. The van der Waals surface area contributed by atoms with Gasteiger partial charge in [-0.2, -0.15) is 0 Å². The Labute approximate surface area is 514 Å². The maximum atomic E-state index is 15.1. The monoisotopic (exact) mass is 1230 g/mol. The Morgan fingerprint density at radius 2 is 1.15 bits per heavy atom. The number of anilines is 2. The third-order valence-electron chi connectivity index (χ3n) is 17.7. The summed E-state index contributed by atoms with van der Waals surface area (Å²) in [6.45, 7) is 25.1. The summed E-state index contributed by atoms with van der Waals surface area (Å²) in [6, 6.07) is 39.7. The van der Waals surface area contributed by atoms with E-state index in [-0.39, 0.29) is 84.0 Å². The number of amides is 4. The topological polar surface area (TPSA) is 169 Å². The molecule has 0 aromatic heterocycles. The molecule has 5 aromatic carbocycles. The SMILES string of the molecule is C=CCOC(=O)C(N1C(=O)[C@H]([C@@H](C)O[Si](C)(C)C(C)(C)C)[C@H]1CC(=O)c1ccc2c(c1)N(C)C(=O)C2)=P(c1ccccc1)(c1ccccc1)c1ccccc1.C=CCOC(=O)C1=C(c2ccc3c(c2)N(C)C(=O)C3)C[C@@H]2[C@@H]([C@@H](C)O[Si](C)(C)C)C(=O)N12. The summed E-state index contributed by atoms with van der Waals surface area (Å²) in [6.07, 6.45) is 3.38. The van der Waals surface area contributed by atoms with E-state index in [9.17, 15) is 28.8 Å². The normalized spacial score (nSPS) is 19.7. The third-order valence-corrected chi connectivity index (χ3v) is 27.6. The van der Waals surface area contributed by atoms with Crippen molar-refractivity contribution in [2.75, 3.05) is 37.1 Å². The fraction of sp³-hybridized carbons (Fsp3) is 0.362. The van der Waals surface area contributed by atoms with Crippen molar-refractivity contribution >= 4 is 103 Å². The van der Waals surface area contributed by atoms with Crippen LogP contribution < -0.4 is 25.7 Å². The lowest BCUT2D eigenvalue weighted by Crippen LogP contribution is -2.69. The molecule has 0 aliphatic carbocycles. The zero-order valence-electron chi connectivity index (χ0n) is 52.1. The second-order valence-corrected chi connectivity index (χ2v) is 38.0. The summed E-state index contributed by atoms with van der Waals surface area (Å²) < 4.78 is 24.4. The first-order valence-corrected chi connectivity index (χ1v) is 37.8. The Morgan fingerprint density at radius 3 is 1.66 bits per heavy atom. The van der Waals surface area contributed by atoms with Crippen LogP contribution in [0.1, 0.15) is 74.5 Å². The first-order valence-electron chi connectivity index (χ1n) is 29.7. The quantitative estimate of drug-likeness (QED) is 0.0182. The van der Waals surface area contributed by atoms with E-state index in [0.29, 0.717) is 29.8 Å². The van der Waals surface area contributed by atoms with Crippen LogP contribution in [0.3, 0.4) is 0 Å². The van der Waals surface area contributed by atoms with E-state index in [1.54, 1.807) is 45.8 Å². The van der Waals surface area contributed by atoms with Crippen molar-refractivity contribution in [2.45, 2.75) is 122 Å². The molecule has 18 heteroatoms. The second kappa shape index (κ2) is 25.3. The van der Waals surface area contributed by atoms with E-state index in [1.807, 2.05) is 129 Å². The standard InChI is InChI=1S/C45H51N2O6PSi.C24H30N2O5Si/c1-9-27-52-44(51)43(54(34-19-13-10-14-20-34,35-21-15-11-16-22-35)36-23-17-12-18-24-36)47-38(41(42(47)50)31(2)53-55(7,8)45(3,4)5)30-39(48)33-26-25-32-29-40(49)46(6)37(32)28-33;1-7-10-30-24(29)22-17(15-8-9-16-12-20(27)25(3)18(16)11-15)13-19-21(23(28)26(19)22)14(2)31-32(4,5)6/h9-26,28,31,38,41H,1,27,29-30H2,2-8H3;7-9,11,14,19,21H,1,10,12-13H2,2-6H3/t31-,38-,41-;14-,19-,21-/m11/s1.